The third kappa shape index (κ3) is 2.80. The first-order valence-corrected chi connectivity index (χ1v) is 5.50. The first-order valence-electron chi connectivity index (χ1n) is 5.12. The van der Waals surface area contributed by atoms with Gasteiger partial charge in [-0.05, 0) is 24.3 Å². The highest BCUT2D eigenvalue weighted by atomic mass is 35.5. The fourth-order valence-corrected chi connectivity index (χ4v) is 1.76. The molecule has 0 atom stereocenters. The van der Waals surface area contributed by atoms with Gasteiger partial charge in [0.15, 0.2) is 5.82 Å². The molecule has 2 aromatic carbocycles. The molecule has 1 N–H and O–H groups in total. The molecule has 0 spiro atoms. The van der Waals surface area contributed by atoms with Gasteiger partial charge in [-0.3, -0.25) is 0 Å². The lowest BCUT2D eigenvalue weighted by atomic mass is 10.1. The molecule has 0 unspecified atom stereocenters. The second-order valence-electron chi connectivity index (χ2n) is 3.67. The van der Waals surface area contributed by atoms with Crippen LogP contribution in [0.1, 0.15) is 5.56 Å². The summed E-state index contributed by atoms with van der Waals surface area (Å²) in [7, 11) is 0. The Morgan fingerprint density at radius 1 is 1.05 bits per heavy atom. The van der Waals surface area contributed by atoms with E-state index in [4.69, 9.17) is 16.9 Å². The van der Waals surface area contributed by atoms with Gasteiger partial charge in [-0.2, -0.15) is 5.26 Å². The predicted molar refractivity (Wildman–Crippen MR) is 65.8 cm³/mol. The maximum atomic E-state index is 13.6. The molecule has 0 aliphatic carbocycles. The molecule has 6 heteroatoms. The van der Waals surface area contributed by atoms with Crippen LogP contribution in [0.2, 0.25) is 5.02 Å². The van der Waals surface area contributed by atoms with E-state index in [1.54, 1.807) is 6.07 Å². The van der Waals surface area contributed by atoms with Crippen molar-refractivity contribution in [3.8, 4) is 6.07 Å². The number of benzene rings is 2. The average molecular weight is 283 g/mol. The fourth-order valence-electron chi connectivity index (χ4n) is 1.51. The lowest BCUT2D eigenvalue weighted by Gasteiger charge is -2.11. The molecule has 0 aromatic heterocycles. The molecule has 96 valence electrons. The van der Waals surface area contributed by atoms with Crippen LogP contribution in [-0.2, 0) is 0 Å². The Balaban J connectivity index is 2.45. The Bertz CT molecular complexity index is 657. The Kier molecular flexibility index (Phi) is 3.63. The van der Waals surface area contributed by atoms with Gasteiger partial charge in [-0.1, -0.05) is 11.6 Å². The lowest BCUT2D eigenvalue weighted by Crippen LogP contribution is -1.98. The quantitative estimate of drug-likeness (QED) is 0.887. The van der Waals surface area contributed by atoms with E-state index in [2.05, 4.69) is 5.32 Å². The van der Waals surface area contributed by atoms with Gasteiger partial charge < -0.3 is 5.32 Å². The van der Waals surface area contributed by atoms with Crippen molar-refractivity contribution >= 4 is 23.0 Å². The minimum atomic E-state index is -0.904. The number of hydrogen-bond donors (Lipinski definition) is 1. The first kappa shape index (κ1) is 13.2. The molecule has 0 aliphatic heterocycles. The van der Waals surface area contributed by atoms with Crippen molar-refractivity contribution in [1.82, 2.24) is 0 Å². The molecular weight excluding hydrogens is 277 g/mol. The highest BCUT2D eigenvalue weighted by Crippen LogP contribution is 2.30. The highest BCUT2D eigenvalue weighted by Gasteiger charge is 2.12. The summed E-state index contributed by atoms with van der Waals surface area (Å²) >= 11 is 5.71. The van der Waals surface area contributed by atoms with Crippen molar-refractivity contribution < 1.29 is 13.2 Å². The number of hydrogen-bond acceptors (Lipinski definition) is 2. The number of nitriles is 1. The summed E-state index contributed by atoms with van der Waals surface area (Å²) in [6.07, 6.45) is 0. The monoisotopic (exact) mass is 282 g/mol. The van der Waals surface area contributed by atoms with Gasteiger partial charge in [0.05, 0.1) is 22.0 Å². The SMILES string of the molecule is N#Cc1cc(F)ccc1Nc1c(F)cc(F)cc1Cl. The van der Waals surface area contributed by atoms with Gasteiger partial charge in [-0.25, -0.2) is 13.2 Å². The van der Waals surface area contributed by atoms with Crippen LogP contribution in [0.5, 0.6) is 0 Å². The molecule has 0 fully saturated rings. The minimum absolute atomic E-state index is 0.0141. The highest BCUT2D eigenvalue weighted by molar-refractivity contribution is 6.33. The van der Waals surface area contributed by atoms with Crippen LogP contribution in [0.15, 0.2) is 30.3 Å². The van der Waals surface area contributed by atoms with Gasteiger partial charge in [0.25, 0.3) is 0 Å². The molecule has 0 radical (unpaired) electrons. The summed E-state index contributed by atoms with van der Waals surface area (Å²) in [4.78, 5) is 0. The van der Waals surface area contributed by atoms with Crippen LogP contribution in [0.3, 0.4) is 0 Å². The first-order chi connectivity index (χ1) is 9.01. The normalized spacial score (nSPS) is 10.1. The molecule has 0 bridgehead atoms. The van der Waals surface area contributed by atoms with E-state index >= 15 is 0 Å². The molecule has 0 aliphatic rings. The van der Waals surface area contributed by atoms with Gasteiger partial charge in [0.2, 0.25) is 0 Å². The average Bonchev–Trinajstić information content (AvgIpc) is 2.35. The molecule has 2 aromatic rings. The van der Waals surface area contributed by atoms with Crippen LogP contribution in [-0.4, -0.2) is 0 Å². The van der Waals surface area contributed by atoms with E-state index in [1.807, 2.05) is 0 Å². The predicted octanol–water partition coefficient (Wildman–Crippen LogP) is 4.37. The van der Waals surface area contributed by atoms with Crippen LogP contribution < -0.4 is 5.32 Å². The molecule has 0 heterocycles. The fraction of sp³-hybridized carbons (Fsp3) is 0. The second kappa shape index (κ2) is 5.21. The van der Waals surface area contributed by atoms with E-state index in [1.165, 1.54) is 6.07 Å². The number of nitrogens with one attached hydrogen (secondary N) is 1. The smallest absolute Gasteiger partial charge is 0.151 e. The summed E-state index contributed by atoms with van der Waals surface area (Å²) < 4.78 is 39.4. The molecule has 0 saturated heterocycles. The van der Waals surface area contributed by atoms with E-state index in [0.717, 1.165) is 18.2 Å². The van der Waals surface area contributed by atoms with Crippen molar-refractivity contribution in [1.29, 1.82) is 5.26 Å². The van der Waals surface area contributed by atoms with Crippen molar-refractivity contribution in [2.24, 2.45) is 0 Å². The van der Waals surface area contributed by atoms with Crippen LogP contribution in [0, 0.1) is 28.8 Å². The minimum Gasteiger partial charge on any atom is -0.351 e. The van der Waals surface area contributed by atoms with Gasteiger partial charge in [0, 0.05) is 6.07 Å². The Hall–Kier alpha value is -2.19. The van der Waals surface area contributed by atoms with Gasteiger partial charge >= 0.3 is 0 Å². The van der Waals surface area contributed by atoms with Gasteiger partial charge in [0.1, 0.15) is 17.7 Å². The van der Waals surface area contributed by atoms with E-state index in [9.17, 15) is 13.2 Å². The zero-order valence-corrected chi connectivity index (χ0v) is 10.1. The maximum Gasteiger partial charge on any atom is 0.151 e. The molecule has 0 amide bonds. The Labute approximate surface area is 112 Å². The third-order valence-electron chi connectivity index (χ3n) is 2.37. The van der Waals surface area contributed by atoms with Crippen molar-refractivity contribution in [3.63, 3.8) is 0 Å². The molecule has 2 rings (SSSR count). The summed E-state index contributed by atoms with van der Waals surface area (Å²) in [6, 6.07) is 6.73. The summed E-state index contributed by atoms with van der Waals surface area (Å²) in [6.45, 7) is 0. The van der Waals surface area contributed by atoms with Crippen molar-refractivity contribution in [2.75, 3.05) is 5.32 Å². The summed E-state index contributed by atoms with van der Waals surface area (Å²) in [5.74, 6) is -2.31. The zero-order valence-electron chi connectivity index (χ0n) is 9.35. The lowest BCUT2D eigenvalue weighted by molar-refractivity contribution is 0.586. The van der Waals surface area contributed by atoms with E-state index < -0.39 is 17.5 Å². The van der Waals surface area contributed by atoms with Crippen LogP contribution in [0.25, 0.3) is 0 Å². The largest absolute Gasteiger partial charge is 0.351 e. The van der Waals surface area contributed by atoms with E-state index in [-0.39, 0.29) is 22.0 Å². The number of anilines is 2. The standard InChI is InChI=1S/C13H6ClF3N2/c14-10-4-9(16)5-11(17)13(10)19-12-2-1-8(15)3-7(12)6-18/h1-5,19H. The maximum absolute atomic E-state index is 13.6. The third-order valence-corrected chi connectivity index (χ3v) is 2.67. The van der Waals surface area contributed by atoms with Gasteiger partial charge in [-0.15, -0.1) is 0 Å². The second-order valence-corrected chi connectivity index (χ2v) is 4.08. The zero-order chi connectivity index (χ0) is 14.0. The molecular formula is C13H6ClF3N2. The topological polar surface area (TPSA) is 35.8 Å². The van der Waals surface area contributed by atoms with Crippen molar-refractivity contribution in [2.45, 2.75) is 0 Å². The summed E-state index contributed by atoms with van der Waals surface area (Å²) in [5.41, 5.74) is -0.0118. The van der Waals surface area contributed by atoms with E-state index in [0.29, 0.717) is 6.07 Å². The van der Waals surface area contributed by atoms with Crippen LogP contribution >= 0.6 is 11.6 Å². The number of halogens is 4. The summed E-state index contributed by atoms with van der Waals surface area (Å²) in [5, 5.41) is 11.2. The molecule has 0 saturated carbocycles. The van der Waals surface area contributed by atoms with Crippen LogP contribution in [0.4, 0.5) is 24.5 Å². The van der Waals surface area contributed by atoms with Crippen molar-refractivity contribution in [3.05, 3.63) is 58.4 Å². The Morgan fingerprint density at radius 3 is 2.42 bits per heavy atom. The Morgan fingerprint density at radius 2 is 1.79 bits per heavy atom. The molecule has 19 heavy (non-hydrogen) atoms. The molecule has 2 nitrogen and oxygen atoms in total. The number of nitrogens with zero attached hydrogens (tertiary/aromatic N) is 1. The number of rotatable bonds is 2.